The minimum Gasteiger partial charge on any atom is -0.466 e. The largest absolute Gasteiger partial charge is 0.466 e. The van der Waals surface area contributed by atoms with E-state index in [9.17, 15) is 4.79 Å². The van der Waals surface area contributed by atoms with Crippen LogP contribution in [0.25, 0.3) is 0 Å². The Morgan fingerprint density at radius 1 is 1.20 bits per heavy atom. The molecular weight excluding hydrogens is 318 g/mol. The molecular formula is C16H18BrNO2. The molecule has 106 valence electrons. The Morgan fingerprint density at radius 3 is 2.40 bits per heavy atom. The molecule has 0 unspecified atom stereocenters. The van der Waals surface area contributed by atoms with Crippen LogP contribution in [0.15, 0.2) is 33.2 Å². The first-order valence-corrected chi connectivity index (χ1v) is 7.26. The van der Waals surface area contributed by atoms with E-state index in [2.05, 4.69) is 15.9 Å². The smallest absolute Gasteiger partial charge is 0.257 e. The number of carbonyl (C=O) groups is 1. The summed E-state index contributed by atoms with van der Waals surface area (Å²) >= 11 is 3.51. The van der Waals surface area contributed by atoms with Crippen LogP contribution in [-0.4, -0.2) is 17.9 Å². The number of hydrogen-bond donors (Lipinski definition) is 0. The highest BCUT2D eigenvalue weighted by atomic mass is 79.9. The van der Waals surface area contributed by atoms with Gasteiger partial charge in [0.15, 0.2) is 0 Å². The molecule has 4 heteroatoms. The summed E-state index contributed by atoms with van der Waals surface area (Å²) in [6.07, 6.45) is 0. The van der Waals surface area contributed by atoms with Crippen LogP contribution in [0, 0.1) is 20.8 Å². The zero-order valence-electron chi connectivity index (χ0n) is 12.2. The lowest BCUT2D eigenvalue weighted by Crippen LogP contribution is -2.27. The van der Waals surface area contributed by atoms with Gasteiger partial charge in [0, 0.05) is 23.6 Å². The lowest BCUT2D eigenvalue weighted by molar-refractivity contribution is 0.0782. The molecule has 0 spiro atoms. The van der Waals surface area contributed by atoms with Gasteiger partial charge in [-0.3, -0.25) is 4.79 Å². The van der Waals surface area contributed by atoms with Crippen molar-refractivity contribution in [3.8, 4) is 0 Å². The van der Waals surface area contributed by atoms with E-state index >= 15 is 0 Å². The minimum atomic E-state index is -0.00685. The van der Waals surface area contributed by atoms with Gasteiger partial charge in [-0.1, -0.05) is 34.1 Å². The maximum absolute atomic E-state index is 12.6. The van der Waals surface area contributed by atoms with E-state index in [1.165, 1.54) is 0 Å². The fraction of sp³-hybridized carbons (Fsp3) is 0.312. The maximum Gasteiger partial charge on any atom is 0.257 e. The highest BCUT2D eigenvalue weighted by Gasteiger charge is 2.22. The van der Waals surface area contributed by atoms with Crippen LogP contribution >= 0.6 is 15.9 Å². The third-order valence-electron chi connectivity index (χ3n) is 3.49. The number of aryl methyl sites for hydroxylation is 2. The Balaban J connectivity index is 2.23. The molecule has 3 nitrogen and oxygen atoms in total. The molecule has 1 amide bonds. The number of amides is 1. The first-order chi connectivity index (χ1) is 9.41. The predicted molar refractivity (Wildman–Crippen MR) is 82.9 cm³/mol. The highest BCUT2D eigenvalue weighted by Crippen LogP contribution is 2.23. The minimum absolute atomic E-state index is 0.00685. The maximum atomic E-state index is 12.6. The normalized spacial score (nSPS) is 10.7. The van der Waals surface area contributed by atoms with Gasteiger partial charge in [-0.15, -0.1) is 0 Å². The molecule has 2 rings (SSSR count). The molecule has 2 aromatic rings. The molecule has 0 aliphatic rings. The van der Waals surface area contributed by atoms with Crippen molar-refractivity contribution in [2.45, 2.75) is 27.3 Å². The number of nitrogens with zero attached hydrogens (tertiary/aromatic N) is 1. The van der Waals surface area contributed by atoms with Crippen LogP contribution in [0.5, 0.6) is 0 Å². The molecule has 1 aromatic carbocycles. The zero-order valence-corrected chi connectivity index (χ0v) is 13.7. The predicted octanol–water partition coefficient (Wildman–Crippen LogP) is 4.24. The average Bonchev–Trinajstić information content (AvgIpc) is 2.65. The van der Waals surface area contributed by atoms with Gasteiger partial charge in [0.25, 0.3) is 5.91 Å². The molecule has 0 saturated carbocycles. The van der Waals surface area contributed by atoms with E-state index in [4.69, 9.17) is 4.42 Å². The summed E-state index contributed by atoms with van der Waals surface area (Å²) in [4.78, 5) is 14.3. The quantitative estimate of drug-likeness (QED) is 0.840. The second-order valence-corrected chi connectivity index (χ2v) is 5.82. The van der Waals surface area contributed by atoms with Crippen LogP contribution in [0.1, 0.15) is 33.0 Å². The van der Waals surface area contributed by atoms with Crippen LogP contribution in [0.3, 0.4) is 0 Å². The monoisotopic (exact) mass is 335 g/mol. The van der Waals surface area contributed by atoms with Gasteiger partial charge in [0.1, 0.15) is 11.5 Å². The molecule has 0 N–H and O–H groups in total. The van der Waals surface area contributed by atoms with Crippen LogP contribution in [-0.2, 0) is 6.54 Å². The molecule has 0 saturated heterocycles. The van der Waals surface area contributed by atoms with Gasteiger partial charge in [0.2, 0.25) is 0 Å². The first kappa shape index (κ1) is 14.9. The number of benzene rings is 1. The summed E-state index contributed by atoms with van der Waals surface area (Å²) in [5.74, 6) is 1.48. The van der Waals surface area contributed by atoms with Crippen molar-refractivity contribution in [3.05, 3.63) is 56.9 Å². The Kier molecular flexibility index (Phi) is 4.33. The molecule has 0 bridgehead atoms. The number of halogens is 1. The van der Waals surface area contributed by atoms with Gasteiger partial charge in [-0.25, -0.2) is 0 Å². The number of hydrogen-bond acceptors (Lipinski definition) is 2. The van der Waals surface area contributed by atoms with Crippen LogP contribution in [0.4, 0.5) is 0 Å². The molecule has 0 aliphatic carbocycles. The molecule has 0 aliphatic heterocycles. The SMILES string of the molecule is Cc1oc(C)c(C(=O)N(C)Cc2ccccc2Br)c1C. The van der Waals surface area contributed by atoms with Gasteiger partial charge in [-0.05, 0) is 32.4 Å². The van der Waals surface area contributed by atoms with Gasteiger partial charge in [-0.2, -0.15) is 0 Å². The third-order valence-corrected chi connectivity index (χ3v) is 4.26. The standard InChI is InChI=1S/C16H18BrNO2/c1-10-11(2)20-12(3)15(10)16(19)18(4)9-13-7-5-6-8-14(13)17/h5-8H,9H2,1-4H3. The summed E-state index contributed by atoms with van der Waals surface area (Å²) < 4.78 is 6.54. The lowest BCUT2D eigenvalue weighted by atomic mass is 10.1. The molecule has 1 aromatic heterocycles. The van der Waals surface area contributed by atoms with Crippen LogP contribution in [0.2, 0.25) is 0 Å². The van der Waals surface area contributed by atoms with E-state index in [1.807, 2.05) is 52.1 Å². The van der Waals surface area contributed by atoms with Crippen molar-refractivity contribution >= 4 is 21.8 Å². The topological polar surface area (TPSA) is 33.5 Å². The molecule has 0 radical (unpaired) electrons. The van der Waals surface area contributed by atoms with E-state index in [-0.39, 0.29) is 5.91 Å². The summed E-state index contributed by atoms with van der Waals surface area (Å²) in [6, 6.07) is 7.92. The Morgan fingerprint density at radius 2 is 1.85 bits per heavy atom. The zero-order chi connectivity index (χ0) is 14.9. The Hall–Kier alpha value is -1.55. The van der Waals surface area contributed by atoms with Crippen LogP contribution < -0.4 is 0 Å². The highest BCUT2D eigenvalue weighted by molar-refractivity contribution is 9.10. The summed E-state index contributed by atoms with van der Waals surface area (Å²) in [5, 5.41) is 0. The molecule has 20 heavy (non-hydrogen) atoms. The third kappa shape index (κ3) is 2.80. The van der Waals surface area contributed by atoms with E-state index in [1.54, 1.807) is 4.90 Å². The summed E-state index contributed by atoms with van der Waals surface area (Å²) in [7, 11) is 1.81. The molecule has 1 heterocycles. The van der Waals surface area contributed by atoms with Crippen molar-refractivity contribution < 1.29 is 9.21 Å². The lowest BCUT2D eigenvalue weighted by Gasteiger charge is -2.18. The van der Waals surface area contributed by atoms with Crippen molar-refractivity contribution in [2.24, 2.45) is 0 Å². The number of rotatable bonds is 3. The first-order valence-electron chi connectivity index (χ1n) is 6.47. The molecule has 0 atom stereocenters. The van der Waals surface area contributed by atoms with Crippen molar-refractivity contribution in [1.82, 2.24) is 4.90 Å². The van der Waals surface area contributed by atoms with E-state index in [0.717, 1.165) is 21.4 Å². The Bertz CT molecular complexity index is 646. The Labute approximate surface area is 127 Å². The van der Waals surface area contributed by atoms with Gasteiger partial charge in [0.05, 0.1) is 5.56 Å². The second kappa shape index (κ2) is 5.83. The van der Waals surface area contributed by atoms with Gasteiger partial charge < -0.3 is 9.32 Å². The molecule has 0 fully saturated rings. The number of carbonyl (C=O) groups excluding carboxylic acids is 1. The summed E-state index contributed by atoms with van der Waals surface area (Å²) in [5.41, 5.74) is 2.68. The second-order valence-electron chi connectivity index (χ2n) is 4.97. The van der Waals surface area contributed by atoms with Gasteiger partial charge >= 0.3 is 0 Å². The van der Waals surface area contributed by atoms with Crippen molar-refractivity contribution in [3.63, 3.8) is 0 Å². The average molecular weight is 336 g/mol. The summed E-state index contributed by atoms with van der Waals surface area (Å²) in [6.45, 7) is 6.20. The van der Waals surface area contributed by atoms with E-state index < -0.39 is 0 Å². The van der Waals surface area contributed by atoms with E-state index in [0.29, 0.717) is 17.9 Å². The fourth-order valence-corrected chi connectivity index (χ4v) is 2.66. The van der Waals surface area contributed by atoms with Crippen molar-refractivity contribution in [1.29, 1.82) is 0 Å². The van der Waals surface area contributed by atoms with Crippen molar-refractivity contribution in [2.75, 3.05) is 7.05 Å². The number of furan rings is 1. The fourth-order valence-electron chi connectivity index (χ4n) is 2.25.